The average molecular weight is 333 g/mol. The van der Waals surface area contributed by atoms with Crippen molar-refractivity contribution in [1.29, 1.82) is 0 Å². The molecule has 22 heavy (non-hydrogen) atoms. The van der Waals surface area contributed by atoms with Crippen LogP contribution in [0.1, 0.15) is 29.9 Å². The zero-order valence-electron chi connectivity index (χ0n) is 11.9. The van der Waals surface area contributed by atoms with Crippen LogP contribution in [-0.4, -0.2) is 40.9 Å². The molecule has 1 aromatic heterocycles. The summed E-state index contributed by atoms with van der Waals surface area (Å²) >= 11 is 0.984. The van der Waals surface area contributed by atoms with Crippen molar-refractivity contribution in [3.05, 3.63) is 22.4 Å². The van der Waals surface area contributed by atoms with E-state index in [0.717, 1.165) is 16.2 Å². The number of thiophene rings is 1. The second-order valence-electron chi connectivity index (χ2n) is 4.76. The molecule has 2 amide bonds. The predicted molar refractivity (Wildman–Crippen MR) is 75.7 cm³/mol. The molecule has 0 bridgehead atoms. The van der Waals surface area contributed by atoms with E-state index in [1.165, 1.54) is 19.1 Å². The minimum Gasteiger partial charge on any atom is -0.311 e. The van der Waals surface area contributed by atoms with Gasteiger partial charge < -0.3 is 5.32 Å². The van der Waals surface area contributed by atoms with Gasteiger partial charge in [-0.15, -0.1) is 11.3 Å². The molecule has 0 aromatic carbocycles. The highest BCUT2D eigenvalue weighted by Gasteiger charge is 2.66. The van der Waals surface area contributed by atoms with Gasteiger partial charge in [0.05, 0.1) is 4.88 Å². The average Bonchev–Trinajstić information content (AvgIpc) is 3.02. The Kier molecular flexibility index (Phi) is 4.28. The van der Waals surface area contributed by atoms with Gasteiger partial charge in [-0.3, -0.25) is 14.5 Å². The zero-order valence-corrected chi connectivity index (χ0v) is 12.7. The van der Waals surface area contributed by atoms with Crippen molar-refractivity contribution in [2.75, 3.05) is 6.54 Å². The number of carbonyl (C=O) groups is 2. The van der Waals surface area contributed by atoms with Crippen LogP contribution in [0, 0.1) is 0 Å². The van der Waals surface area contributed by atoms with Crippen molar-refractivity contribution in [1.82, 2.24) is 10.2 Å². The fourth-order valence-corrected chi connectivity index (χ4v) is 2.77. The van der Waals surface area contributed by atoms with E-state index in [2.05, 4.69) is 4.99 Å². The highest BCUT2D eigenvalue weighted by molar-refractivity contribution is 7.12. The molecule has 5 nitrogen and oxygen atoms in total. The Labute approximate surface area is 128 Å². The topological polar surface area (TPSA) is 61.8 Å². The Hall–Kier alpha value is -1.90. The van der Waals surface area contributed by atoms with Gasteiger partial charge in [0.2, 0.25) is 0 Å². The zero-order chi connectivity index (χ0) is 16.5. The number of carbonyl (C=O) groups excluding carboxylic acids is 2. The summed E-state index contributed by atoms with van der Waals surface area (Å²) in [6, 6.07) is 2.91. The largest absolute Gasteiger partial charge is 0.442 e. The van der Waals surface area contributed by atoms with Crippen LogP contribution in [0.3, 0.4) is 0 Å². The van der Waals surface area contributed by atoms with Crippen LogP contribution in [0.4, 0.5) is 13.2 Å². The molecule has 2 heterocycles. The van der Waals surface area contributed by atoms with Crippen molar-refractivity contribution in [3.8, 4) is 0 Å². The van der Waals surface area contributed by atoms with Crippen molar-refractivity contribution in [2.24, 2.45) is 4.99 Å². The number of aliphatic imine (C=N–C) groups is 1. The lowest BCUT2D eigenvalue weighted by Gasteiger charge is -2.28. The lowest BCUT2D eigenvalue weighted by Crippen LogP contribution is -2.63. The van der Waals surface area contributed by atoms with Crippen LogP contribution < -0.4 is 5.32 Å². The van der Waals surface area contributed by atoms with Crippen molar-refractivity contribution in [2.45, 2.75) is 32.1 Å². The summed E-state index contributed by atoms with van der Waals surface area (Å²) in [6.07, 6.45) is -4.55. The SMILES string of the molecule is CCCN1C(=O)C(NC(=O)c2cccs2)(C(F)(F)F)N=C1C. The number of rotatable bonds is 4. The third-order valence-electron chi connectivity index (χ3n) is 3.17. The van der Waals surface area contributed by atoms with Crippen LogP contribution in [0.5, 0.6) is 0 Å². The maximum Gasteiger partial charge on any atom is 0.442 e. The molecule has 0 aliphatic carbocycles. The molecule has 0 fully saturated rings. The Morgan fingerprint density at radius 1 is 1.50 bits per heavy atom. The normalized spacial score (nSPS) is 22.0. The van der Waals surface area contributed by atoms with E-state index < -0.39 is 23.7 Å². The molecule has 0 spiro atoms. The number of alkyl halides is 3. The first kappa shape index (κ1) is 16.5. The quantitative estimate of drug-likeness (QED) is 0.920. The summed E-state index contributed by atoms with van der Waals surface area (Å²) in [5.74, 6) is -2.31. The monoisotopic (exact) mass is 333 g/mol. The van der Waals surface area contributed by atoms with Gasteiger partial charge in [0, 0.05) is 6.54 Å². The van der Waals surface area contributed by atoms with Crippen LogP contribution >= 0.6 is 11.3 Å². The second-order valence-corrected chi connectivity index (χ2v) is 5.70. The van der Waals surface area contributed by atoms with E-state index in [-0.39, 0.29) is 17.3 Å². The lowest BCUT2D eigenvalue weighted by molar-refractivity contribution is -0.196. The van der Waals surface area contributed by atoms with Gasteiger partial charge >= 0.3 is 11.8 Å². The minimum atomic E-state index is -5.03. The van der Waals surface area contributed by atoms with Crippen molar-refractivity contribution >= 4 is 29.0 Å². The summed E-state index contributed by atoms with van der Waals surface area (Å²) < 4.78 is 40.5. The molecule has 1 N–H and O–H groups in total. The first-order valence-electron chi connectivity index (χ1n) is 6.54. The van der Waals surface area contributed by atoms with Gasteiger partial charge in [-0.25, -0.2) is 4.99 Å². The molecule has 0 radical (unpaired) electrons. The van der Waals surface area contributed by atoms with Gasteiger partial charge in [-0.05, 0) is 24.8 Å². The van der Waals surface area contributed by atoms with Gasteiger partial charge in [0.1, 0.15) is 5.84 Å². The van der Waals surface area contributed by atoms with Gasteiger partial charge in [-0.2, -0.15) is 13.2 Å². The molecule has 9 heteroatoms. The number of hydrogen-bond acceptors (Lipinski definition) is 4. The van der Waals surface area contributed by atoms with Crippen LogP contribution in [0.2, 0.25) is 0 Å². The van der Waals surface area contributed by atoms with E-state index in [9.17, 15) is 22.8 Å². The Morgan fingerprint density at radius 3 is 2.68 bits per heavy atom. The summed E-state index contributed by atoms with van der Waals surface area (Å²) in [5.41, 5.74) is -3.24. The third kappa shape index (κ3) is 2.60. The fraction of sp³-hybridized carbons (Fsp3) is 0.462. The van der Waals surface area contributed by atoms with E-state index in [4.69, 9.17) is 0 Å². The summed E-state index contributed by atoms with van der Waals surface area (Å²) in [7, 11) is 0. The van der Waals surface area contributed by atoms with E-state index in [1.54, 1.807) is 17.6 Å². The number of nitrogens with zero attached hydrogens (tertiary/aromatic N) is 2. The number of nitrogens with one attached hydrogen (secondary N) is 1. The molecular formula is C13H14F3N3O2S. The van der Waals surface area contributed by atoms with Crippen LogP contribution in [0.15, 0.2) is 22.5 Å². The molecule has 1 aromatic rings. The first-order chi connectivity index (χ1) is 10.2. The van der Waals surface area contributed by atoms with Gasteiger partial charge in [-0.1, -0.05) is 13.0 Å². The summed E-state index contributed by atoms with van der Waals surface area (Å²) in [6.45, 7) is 3.16. The molecule has 0 saturated carbocycles. The van der Waals surface area contributed by atoms with E-state index >= 15 is 0 Å². The Morgan fingerprint density at radius 2 is 2.18 bits per heavy atom. The molecule has 0 saturated heterocycles. The van der Waals surface area contributed by atoms with Crippen LogP contribution in [-0.2, 0) is 4.79 Å². The van der Waals surface area contributed by atoms with Gasteiger partial charge in [0.15, 0.2) is 0 Å². The Bertz CT molecular complexity index is 613. The smallest absolute Gasteiger partial charge is 0.311 e. The molecule has 1 unspecified atom stereocenters. The molecule has 1 aliphatic heterocycles. The van der Waals surface area contributed by atoms with Crippen molar-refractivity contribution in [3.63, 3.8) is 0 Å². The number of amidine groups is 1. The summed E-state index contributed by atoms with van der Waals surface area (Å²) in [4.78, 5) is 28.7. The van der Waals surface area contributed by atoms with Gasteiger partial charge in [0.25, 0.3) is 11.8 Å². The maximum absolute atomic E-state index is 13.5. The molecule has 2 rings (SSSR count). The standard InChI is InChI=1S/C13H14F3N3O2S/c1-3-6-19-8(2)17-12(11(19)21,13(14,15)16)18-10(20)9-5-4-7-22-9/h4-5,7H,3,6H2,1-2H3,(H,18,20). The lowest BCUT2D eigenvalue weighted by atomic mass is 10.1. The van der Waals surface area contributed by atoms with Crippen LogP contribution in [0.25, 0.3) is 0 Å². The number of amides is 2. The first-order valence-corrected chi connectivity index (χ1v) is 7.42. The van der Waals surface area contributed by atoms with E-state index in [0.29, 0.717) is 6.42 Å². The fourth-order valence-electron chi connectivity index (χ4n) is 2.15. The number of halogens is 3. The highest BCUT2D eigenvalue weighted by atomic mass is 32.1. The Balaban J connectivity index is 2.39. The minimum absolute atomic E-state index is 0.0596. The van der Waals surface area contributed by atoms with Crippen molar-refractivity contribution < 1.29 is 22.8 Å². The maximum atomic E-state index is 13.5. The molecule has 120 valence electrons. The molecule has 1 atom stereocenters. The summed E-state index contributed by atoms with van der Waals surface area (Å²) in [5, 5.41) is 3.33. The number of hydrogen-bond donors (Lipinski definition) is 1. The third-order valence-corrected chi connectivity index (χ3v) is 4.04. The predicted octanol–water partition coefficient (Wildman–Crippen LogP) is 2.41. The molecule has 1 aliphatic rings. The van der Waals surface area contributed by atoms with E-state index in [1.807, 2.05) is 0 Å². The highest BCUT2D eigenvalue weighted by Crippen LogP contribution is 2.37. The second kappa shape index (κ2) is 5.71. The molecular weight excluding hydrogens is 319 g/mol.